The lowest BCUT2D eigenvalue weighted by Crippen LogP contribution is -3.13. The summed E-state index contributed by atoms with van der Waals surface area (Å²) < 4.78 is 28.0. The molecule has 1 aromatic rings. The summed E-state index contributed by atoms with van der Waals surface area (Å²) in [5, 5.41) is 0. The van der Waals surface area contributed by atoms with Crippen LogP contribution in [-0.2, 0) is 21.4 Å². The number of nitrogens with zero attached hydrogens (tertiary/aromatic N) is 1. The maximum absolute atomic E-state index is 13.2. The van der Waals surface area contributed by atoms with Crippen molar-refractivity contribution in [3.63, 3.8) is 0 Å². The monoisotopic (exact) mass is 391 g/mol. The van der Waals surface area contributed by atoms with Crippen molar-refractivity contribution in [1.82, 2.24) is 4.31 Å². The van der Waals surface area contributed by atoms with E-state index in [0.29, 0.717) is 25.4 Å². The molecule has 0 radical (unpaired) electrons. The fraction of sp³-hybridized carbons (Fsp3) is 0.667. The van der Waals surface area contributed by atoms with E-state index in [1.165, 1.54) is 10.5 Å². The van der Waals surface area contributed by atoms with Crippen LogP contribution in [0.15, 0.2) is 30.3 Å². The highest BCUT2D eigenvalue weighted by atomic mass is 32.2. The molecule has 0 unspecified atom stereocenters. The van der Waals surface area contributed by atoms with Crippen molar-refractivity contribution in [2.75, 3.05) is 31.9 Å². The minimum atomic E-state index is -3.41. The molecule has 2 aliphatic carbocycles. The Balaban J connectivity index is 1.41. The molecular formula is C21H31N2O3S+. The minimum absolute atomic E-state index is 0.0103. The third kappa shape index (κ3) is 3.15. The van der Waals surface area contributed by atoms with Crippen LogP contribution >= 0.6 is 0 Å². The smallest absolute Gasteiger partial charge is 0.215 e. The lowest BCUT2D eigenvalue weighted by atomic mass is 9.70. The molecule has 4 rings (SSSR count). The van der Waals surface area contributed by atoms with Gasteiger partial charge >= 0.3 is 0 Å². The number of Topliss-reactive ketones (excluding diaryl/α,β-unsaturated/α-hetero) is 1. The molecule has 2 bridgehead atoms. The van der Waals surface area contributed by atoms with Crippen LogP contribution in [0.2, 0.25) is 0 Å². The van der Waals surface area contributed by atoms with Gasteiger partial charge in [-0.25, -0.2) is 8.42 Å². The Hall–Kier alpha value is -1.24. The van der Waals surface area contributed by atoms with Gasteiger partial charge in [0, 0.05) is 17.4 Å². The first kappa shape index (κ1) is 19.1. The van der Waals surface area contributed by atoms with Gasteiger partial charge in [0.15, 0.2) is 0 Å². The van der Waals surface area contributed by atoms with E-state index < -0.39 is 15.4 Å². The van der Waals surface area contributed by atoms with E-state index in [9.17, 15) is 13.2 Å². The number of fused-ring (bicyclic) bond motifs is 2. The van der Waals surface area contributed by atoms with Crippen molar-refractivity contribution in [3.05, 3.63) is 35.9 Å². The fourth-order valence-electron chi connectivity index (χ4n) is 5.65. The molecule has 6 heteroatoms. The summed E-state index contributed by atoms with van der Waals surface area (Å²) >= 11 is 0. The van der Waals surface area contributed by atoms with Crippen molar-refractivity contribution in [2.45, 2.75) is 39.7 Å². The van der Waals surface area contributed by atoms with Gasteiger partial charge < -0.3 is 4.90 Å². The van der Waals surface area contributed by atoms with Crippen molar-refractivity contribution in [2.24, 2.45) is 16.7 Å². The molecule has 27 heavy (non-hydrogen) atoms. The van der Waals surface area contributed by atoms with Crippen LogP contribution in [0.4, 0.5) is 0 Å². The van der Waals surface area contributed by atoms with Crippen molar-refractivity contribution in [3.8, 4) is 0 Å². The molecule has 1 heterocycles. The van der Waals surface area contributed by atoms with Gasteiger partial charge in [-0.3, -0.25) is 4.79 Å². The Kier molecular flexibility index (Phi) is 4.72. The summed E-state index contributed by atoms with van der Waals surface area (Å²) in [6.07, 6.45) is 2.29. The highest BCUT2D eigenvalue weighted by Gasteiger charge is 2.65. The van der Waals surface area contributed by atoms with E-state index in [2.05, 4.69) is 26.0 Å². The van der Waals surface area contributed by atoms with Crippen molar-refractivity contribution in [1.29, 1.82) is 0 Å². The number of quaternary nitrogens is 1. The summed E-state index contributed by atoms with van der Waals surface area (Å²) in [6, 6.07) is 10.4. The van der Waals surface area contributed by atoms with Crippen LogP contribution < -0.4 is 4.90 Å². The Morgan fingerprint density at radius 1 is 1.15 bits per heavy atom. The lowest BCUT2D eigenvalue weighted by Gasteiger charge is -2.39. The SMILES string of the molecule is CC1(C)[C@H]2CC[C@]1(CS(=O)(=O)N1CC[NH+](Cc3ccccc3)CC1)C(=O)C2. The maximum atomic E-state index is 13.2. The molecule has 3 aliphatic rings. The molecule has 1 aliphatic heterocycles. The second kappa shape index (κ2) is 6.68. The average Bonchev–Trinajstić information content (AvgIpc) is 2.97. The van der Waals surface area contributed by atoms with Crippen LogP contribution in [0.5, 0.6) is 0 Å². The van der Waals surface area contributed by atoms with E-state index in [0.717, 1.165) is 32.5 Å². The van der Waals surface area contributed by atoms with Crippen LogP contribution in [0, 0.1) is 16.7 Å². The van der Waals surface area contributed by atoms with Gasteiger partial charge in [0.2, 0.25) is 10.0 Å². The zero-order valence-corrected chi connectivity index (χ0v) is 17.2. The molecule has 1 aromatic carbocycles. The summed E-state index contributed by atoms with van der Waals surface area (Å²) in [6.45, 7) is 7.89. The van der Waals surface area contributed by atoms with Gasteiger partial charge in [-0.05, 0) is 24.2 Å². The van der Waals surface area contributed by atoms with Crippen LogP contribution in [-0.4, -0.2) is 50.4 Å². The number of hydrogen-bond donors (Lipinski definition) is 1. The lowest BCUT2D eigenvalue weighted by molar-refractivity contribution is -0.917. The first-order valence-electron chi connectivity index (χ1n) is 10.1. The van der Waals surface area contributed by atoms with Gasteiger partial charge in [0.05, 0.1) is 31.9 Å². The van der Waals surface area contributed by atoms with E-state index >= 15 is 0 Å². The van der Waals surface area contributed by atoms with Gasteiger partial charge in [-0.2, -0.15) is 4.31 Å². The zero-order chi connectivity index (χ0) is 19.3. The summed E-state index contributed by atoms with van der Waals surface area (Å²) in [7, 11) is -3.41. The highest BCUT2D eigenvalue weighted by molar-refractivity contribution is 7.89. The number of piperazine rings is 1. The van der Waals surface area contributed by atoms with E-state index in [4.69, 9.17) is 0 Å². The second-order valence-corrected chi connectivity index (χ2v) is 11.2. The summed E-state index contributed by atoms with van der Waals surface area (Å²) in [4.78, 5) is 14.1. The Morgan fingerprint density at radius 2 is 1.81 bits per heavy atom. The molecular weight excluding hydrogens is 360 g/mol. The minimum Gasteiger partial charge on any atom is -0.329 e. The topological polar surface area (TPSA) is 58.9 Å². The van der Waals surface area contributed by atoms with E-state index in [-0.39, 0.29) is 17.0 Å². The fourth-order valence-corrected chi connectivity index (χ4v) is 7.87. The molecule has 2 saturated carbocycles. The molecule has 1 N–H and O–H groups in total. The van der Waals surface area contributed by atoms with Crippen LogP contribution in [0.3, 0.4) is 0 Å². The normalized spacial score (nSPS) is 31.5. The third-order valence-electron chi connectivity index (χ3n) is 7.69. The molecule has 3 fully saturated rings. The van der Waals surface area contributed by atoms with Gasteiger partial charge in [0.25, 0.3) is 0 Å². The molecule has 5 nitrogen and oxygen atoms in total. The number of carbonyl (C=O) groups excluding carboxylic acids is 1. The molecule has 1 saturated heterocycles. The second-order valence-electron chi connectivity index (χ2n) is 9.23. The predicted molar refractivity (Wildman–Crippen MR) is 105 cm³/mol. The van der Waals surface area contributed by atoms with E-state index in [1.807, 2.05) is 18.2 Å². The maximum Gasteiger partial charge on any atom is 0.215 e. The molecule has 0 amide bonds. The van der Waals surface area contributed by atoms with Crippen molar-refractivity contribution < 1.29 is 18.1 Å². The average molecular weight is 392 g/mol. The van der Waals surface area contributed by atoms with Crippen LogP contribution in [0.25, 0.3) is 0 Å². The quantitative estimate of drug-likeness (QED) is 0.818. The summed E-state index contributed by atoms with van der Waals surface area (Å²) in [5.74, 6) is 0.545. The Labute approximate surface area is 162 Å². The summed E-state index contributed by atoms with van der Waals surface area (Å²) in [5.41, 5.74) is 0.431. The number of nitrogens with one attached hydrogen (secondary N) is 1. The number of benzene rings is 1. The van der Waals surface area contributed by atoms with Gasteiger partial charge in [-0.1, -0.05) is 44.2 Å². The Morgan fingerprint density at radius 3 is 2.37 bits per heavy atom. The number of hydrogen-bond acceptors (Lipinski definition) is 3. The van der Waals surface area contributed by atoms with E-state index in [1.54, 1.807) is 4.31 Å². The number of ketones is 1. The number of rotatable bonds is 5. The number of sulfonamides is 1. The van der Waals surface area contributed by atoms with Gasteiger partial charge in [0.1, 0.15) is 12.3 Å². The Bertz CT molecular complexity index is 813. The largest absolute Gasteiger partial charge is 0.329 e. The molecule has 2 atom stereocenters. The molecule has 148 valence electrons. The third-order valence-corrected chi connectivity index (χ3v) is 9.70. The van der Waals surface area contributed by atoms with Gasteiger partial charge in [-0.15, -0.1) is 0 Å². The van der Waals surface area contributed by atoms with Crippen molar-refractivity contribution >= 4 is 15.8 Å². The first-order chi connectivity index (χ1) is 12.7. The van der Waals surface area contributed by atoms with Crippen LogP contribution in [0.1, 0.15) is 38.7 Å². The molecule has 0 aromatic heterocycles. The predicted octanol–water partition coefficient (Wildman–Crippen LogP) is 1.11. The molecule has 0 spiro atoms. The number of carbonyl (C=O) groups is 1. The zero-order valence-electron chi connectivity index (χ0n) is 16.4. The standard InChI is InChI=1S/C21H30N2O3S/c1-20(2)18-8-9-21(20,19(24)14-18)16-27(25,26)23-12-10-22(11-13-23)15-17-6-4-3-5-7-17/h3-7,18H,8-16H2,1-2H3/p+1/t18-,21-/m0/s1. The first-order valence-corrected chi connectivity index (χ1v) is 11.7. The highest BCUT2D eigenvalue weighted by Crippen LogP contribution is 2.64.